The summed E-state index contributed by atoms with van der Waals surface area (Å²) in [6.07, 6.45) is 0.805. The van der Waals surface area contributed by atoms with Gasteiger partial charge in [-0.1, -0.05) is 67.8 Å². The monoisotopic (exact) mass is 450 g/mol. The molecule has 0 spiro atoms. The van der Waals surface area contributed by atoms with Gasteiger partial charge in [-0.3, -0.25) is 0 Å². The van der Waals surface area contributed by atoms with E-state index in [9.17, 15) is 0 Å². The Labute approximate surface area is 183 Å². The number of fused-ring (bicyclic) bond motifs is 2. The molecule has 5 rings (SSSR count). The van der Waals surface area contributed by atoms with E-state index in [0.717, 1.165) is 0 Å². The van der Waals surface area contributed by atoms with Crippen LogP contribution in [0.1, 0.15) is 55.4 Å². The molecule has 4 aliphatic rings. The summed E-state index contributed by atoms with van der Waals surface area (Å²) in [6, 6.07) is 9.22. The lowest BCUT2D eigenvalue weighted by molar-refractivity contribution is -0.147. The number of hydrogen-bond donors (Lipinski definition) is 0. The Morgan fingerprint density at radius 1 is 0.567 bits per heavy atom. The molecule has 4 saturated heterocycles. The first-order chi connectivity index (χ1) is 14.0. The zero-order valence-corrected chi connectivity index (χ0v) is 21.2. The molecule has 0 bridgehead atoms. The van der Waals surface area contributed by atoms with Crippen LogP contribution in [-0.2, 0) is 18.9 Å². The lowest BCUT2D eigenvalue weighted by Crippen LogP contribution is -2.34. The quantitative estimate of drug-likeness (QED) is 0.621. The van der Waals surface area contributed by atoms with Crippen molar-refractivity contribution < 1.29 is 18.9 Å². The molecule has 8 atom stereocenters. The van der Waals surface area contributed by atoms with Crippen LogP contribution in [0.5, 0.6) is 0 Å². The van der Waals surface area contributed by atoms with Crippen molar-refractivity contribution in [1.82, 2.24) is 0 Å². The number of benzene rings is 1. The van der Waals surface area contributed by atoms with E-state index in [1.54, 1.807) is 10.6 Å². The zero-order valence-electron chi connectivity index (χ0n) is 19.5. The largest absolute Gasteiger partial charge is 0.344 e. The molecule has 1 aromatic rings. The normalized spacial score (nSPS) is 45.1. The van der Waals surface area contributed by atoms with Crippen LogP contribution in [0.2, 0.25) is 0 Å². The van der Waals surface area contributed by atoms with Crippen molar-refractivity contribution in [3.8, 4) is 0 Å². The second kappa shape index (κ2) is 7.21. The summed E-state index contributed by atoms with van der Waals surface area (Å²) < 4.78 is 25.4. The highest BCUT2D eigenvalue weighted by Crippen LogP contribution is 2.63. The summed E-state index contributed by atoms with van der Waals surface area (Å²) in [5.41, 5.74) is 1.99. The van der Waals surface area contributed by atoms with Gasteiger partial charge in [0.15, 0.2) is 11.6 Å². The molecule has 4 aliphatic heterocycles. The third-order valence-electron chi connectivity index (χ3n) is 7.42. The van der Waals surface area contributed by atoms with Crippen molar-refractivity contribution in [3.05, 3.63) is 24.3 Å². The molecule has 0 amide bonds. The third-order valence-corrected chi connectivity index (χ3v) is 14.2. The van der Waals surface area contributed by atoms with Crippen LogP contribution in [0.25, 0.3) is 0 Å². The maximum Gasteiger partial charge on any atom is 0.163 e. The highest BCUT2D eigenvalue weighted by atomic mass is 31.1. The number of ether oxygens (including phenoxy) is 4. The lowest BCUT2D eigenvalue weighted by Gasteiger charge is -2.33. The van der Waals surface area contributed by atoms with Crippen LogP contribution in [0.3, 0.4) is 0 Å². The van der Waals surface area contributed by atoms with E-state index in [4.69, 9.17) is 18.9 Å². The van der Waals surface area contributed by atoms with E-state index in [2.05, 4.69) is 52.0 Å². The first-order valence-corrected chi connectivity index (χ1v) is 14.3. The van der Waals surface area contributed by atoms with Crippen molar-refractivity contribution in [2.24, 2.45) is 0 Å². The van der Waals surface area contributed by atoms with E-state index in [-0.39, 0.29) is 40.3 Å². The van der Waals surface area contributed by atoms with Crippen LogP contribution in [0.15, 0.2) is 24.3 Å². The zero-order chi connectivity index (χ0) is 21.6. The van der Waals surface area contributed by atoms with Crippen molar-refractivity contribution in [2.75, 3.05) is 0 Å². The van der Waals surface area contributed by atoms with E-state index >= 15 is 0 Å². The summed E-state index contributed by atoms with van der Waals surface area (Å²) in [5, 5.41) is 3.13. The van der Waals surface area contributed by atoms with E-state index in [0.29, 0.717) is 22.6 Å². The van der Waals surface area contributed by atoms with Gasteiger partial charge >= 0.3 is 0 Å². The van der Waals surface area contributed by atoms with E-state index in [1.165, 1.54) is 0 Å². The Morgan fingerprint density at radius 3 is 1.10 bits per heavy atom. The fourth-order valence-electron chi connectivity index (χ4n) is 6.28. The summed E-state index contributed by atoms with van der Waals surface area (Å²) >= 11 is 0. The minimum atomic E-state index is -0.462. The maximum atomic E-state index is 6.36. The van der Waals surface area contributed by atoms with Crippen molar-refractivity contribution in [2.45, 2.75) is 114 Å². The molecule has 1 aromatic carbocycles. The molecule has 4 heterocycles. The molecule has 166 valence electrons. The summed E-state index contributed by atoms with van der Waals surface area (Å²) in [7, 11) is -0.723. The SMILES string of the molecule is C[C@@H]1[C@H]2OC(C)(C)O[C@@H]2[C@@H](C)P1c1ccccc1P1[C@H](C)[C@H]2OC(C)(C)O[C@@H]2[C@H]1C. The van der Waals surface area contributed by atoms with Gasteiger partial charge in [-0.25, -0.2) is 0 Å². The van der Waals surface area contributed by atoms with Crippen molar-refractivity contribution in [1.29, 1.82) is 0 Å². The average Bonchev–Trinajstić information content (AvgIpc) is 3.29. The van der Waals surface area contributed by atoms with Gasteiger partial charge in [0, 0.05) is 22.6 Å². The Bertz CT molecular complexity index is 720. The highest BCUT2D eigenvalue weighted by Gasteiger charge is 2.58. The fraction of sp³-hybridized carbons (Fsp3) is 0.750. The molecule has 6 heteroatoms. The molecule has 4 fully saturated rings. The van der Waals surface area contributed by atoms with Crippen LogP contribution in [-0.4, -0.2) is 58.6 Å². The topological polar surface area (TPSA) is 36.9 Å². The third kappa shape index (κ3) is 3.25. The van der Waals surface area contributed by atoms with E-state index < -0.39 is 11.6 Å². The van der Waals surface area contributed by atoms with Gasteiger partial charge in [-0.2, -0.15) is 0 Å². The standard InChI is InChI=1S/C24H36O4P2/c1-13-19-20(26-23(5,6)25-19)14(2)29(13)17-11-9-10-12-18(17)30-15(3)21-22(16(30)4)28-24(7,8)27-21/h9-16,19-22H,1-8H3/t13-,14-,15-,16-,19-,20-,21-,22-/m1/s1. The summed E-state index contributed by atoms with van der Waals surface area (Å²) in [5.74, 6) is -0.924. The van der Waals surface area contributed by atoms with Gasteiger partial charge in [0.05, 0.1) is 24.4 Å². The van der Waals surface area contributed by atoms with Crippen molar-refractivity contribution in [3.63, 3.8) is 0 Å². The van der Waals surface area contributed by atoms with Gasteiger partial charge < -0.3 is 18.9 Å². The fourth-order valence-corrected chi connectivity index (χ4v) is 13.6. The number of rotatable bonds is 2. The summed E-state index contributed by atoms with van der Waals surface area (Å²) in [4.78, 5) is 0. The average molecular weight is 450 g/mol. The van der Waals surface area contributed by atoms with Gasteiger partial charge in [0.2, 0.25) is 0 Å². The second-order valence-corrected chi connectivity index (χ2v) is 16.2. The lowest BCUT2D eigenvalue weighted by atomic mass is 10.1. The second-order valence-electron chi connectivity index (χ2n) is 10.4. The van der Waals surface area contributed by atoms with Gasteiger partial charge in [0.25, 0.3) is 0 Å². The van der Waals surface area contributed by atoms with Crippen molar-refractivity contribution >= 4 is 26.5 Å². The molecule has 30 heavy (non-hydrogen) atoms. The highest BCUT2D eigenvalue weighted by molar-refractivity contribution is 7.73. The molecular formula is C24H36O4P2. The minimum absolute atomic E-state index is 0.201. The molecule has 0 aliphatic carbocycles. The molecule has 0 radical (unpaired) electrons. The Kier molecular flexibility index (Phi) is 5.23. The molecule has 0 N–H and O–H groups in total. The van der Waals surface area contributed by atoms with E-state index in [1.807, 2.05) is 27.7 Å². The molecule has 0 aromatic heterocycles. The molecule has 0 unspecified atom stereocenters. The summed E-state index contributed by atoms with van der Waals surface area (Å²) in [6.45, 7) is 17.7. The molecular weight excluding hydrogens is 414 g/mol. The first-order valence-electron chi connectivity index (χ1n) is 11.4. The smallest absolute Gasteiger partial charge is 0.163 e. The van der Waals surface area contributed by atoms with Crippen LogP contribution in [0, 0.1) is 0 Å². The Hall–Kier alpha value is -0.0800. The predicted molar refractivity (Wildman–Crippen MR) is 125 cm³/mol. The maximum absolute atomic E-state index is 6.36. The van der Waals surface area contributed by atoms with Crippen LogP contribution >= 0.6 is 15.8 Å². The number of hydrogen-bond acceptors (Lipinski definition) is 4. The van der Waals surface area contributed by atoms with Gasteiger partial charge in [0.1, 0.15) is 0 Å². The van der Waals surface area contributed by atoms with Gasteiger partial charge in [-0.05, 0) is 38.3 Å². The van der Waals surface area contributed by atoms with Crippen LogP contribution in [0.4, 0.5) is 0 Å². The molecule has 0 saturated carbocycles. The minimum Gasteiger partial charge on any atom is -0.344 e. The van der Waals surface area contributed by atoms with Gasteiger partial charge in [-0.15, -0.1) is 0 Å². The first kappa shape index (κ1) is 21.7. The Balaban J connectivity index is 1.48. The van der Waals surface area contributed by atoms with Crippen LogP contribution < -0.4 is 10.6 Å². The Morgan fingerprint density at radius 2 is 0.833 bits per heavy atom. The predicted octanol–water partition coefficient (Wildman–Crippen LogP) is 4.52. The molecule has 4 nitrogen and oxygen atoms in total.